The summed E-state index contributed by atoms with van der Waals surface area (Å²) in [4.78, 5) is 22.5. The number of aromatic nitrogens is 4. The van der Waals surface area contributed by atoms with E-state index in [2.05, 4.69) is 34.3 Å². The quantitative estimate of drug-likeness (QED) is 0.336. The van der Waals surface area contributed by atoms with Crippen LogP contribution in [0.15, 0.2) is 42.9 Å². The molecule has 0 unspecified atom stereocenters. The topological polar surface area (TPSA) is 104 Å². The normalized spacial score (nSPS) is 22.1. The lowest BCUT2D eigenvalue weighted by Gasteiger charge is -2.57. The van der Waals surface area contributed by atoms with Crippen molar-refractivity contribution >= 4 is 17.1 Å². The second kappa shape index (κ2) is 10.1. The maximum Gasteiger partial charge on any atom is 0.409 e. The Morgan fingerprint density at radius 2 is 1.93 bits per heavy atom. The number of aromatic amines is 1. The third-order valence-electron chi connectivity index (χ3n) is 10.00. The summed E-state index contributed by atoms with van der Waals surface area (Å²) in [5.74, 6) is 0.851. The van der Waals surface area contributed by atoms with E-state index in [4.69, 9.17) is 23.9 Å². The molecular formula is C33H37N5O5. The number of rotatable bonds is 4. The minimum Gasteiger partial charge on any atom is -0.488 e. The smallest absolute Gasteiger partial charge is 0.409 e. The van der Waals surface area contributed by atoms with Crippen molar-refractivity contribution in [3.63, 3.8) is 0 Å². The molecule has 43 heavy (non-hydrogen) atoms. The van der Waals surface area contributed by atoms with Gasteiger partial charge in [0.05, 0.1) is 37.8 Å². The molecule has 0 radical (unpaired) electrons. The molecule has 1 aliphatic carbocycles. The first-order valence-corrected chi connectivity index (χ1v) is 15.3. The van der Waals surface area contributed by atoms with Crippen LogP contribution in [0.3, 0.4) is 0 Å². The van der Waals surface area contributed by atoms with Crippen LogP contribution < -0.4 is 4.74 Å². The molecule has 1 N–H and O–H groups in total. The van der Waals surface area contributed by atoms with Crippen LogP contribution in [0.25, 0.3) is 33.4 Å². The molecule has 3 aromatic heterocycles. The highest BCUT2D eigenvalue weighted by Gasteiger charge is 2.60. The largest absolute Gasteiger partial charge is 0.488 e. The minimum atomic E-state index is -0.350. The number of nitrogens with zero attached hydrogens (tertiary/aromatic N) is 4. The molecule has 1 saturated carbocycles. The minimum absolute atomic E-state index is 0.0912. The number of ether oxygens (including phenoxy) is 4. The van der Waals surface area contributed by atoms with Crippen LogP contribution in [0.4, 0.5) is 4.79 Å². The number of nitrogens with one attached hydrogen (secondary N) is 1. The van der Waals surface area contributed by atoms with Crippen molar-refractivity contribution in [3.05, 3.63) is 54.0 Å². The summed E-state index contributed by atoms with van der Waals surface area (Å²) in [6.07, 6.45) is 11.6. The monoisotopic (exact) mass is 583 g/mol. The fourth-order valence-electron chi connectivity index (χ4n) is 7.95. The Bertz CT molecular complexity index is 1670. The fraction of sp³-hybridized carbons (Fsp3) is 0.485. The Hall–Kier alpha value is -3.89. The summed E-state index contributed by atoms with van der Waals surface area (Å²) in [7, 11) is 3.39. The number of benzene rings is 1. The second-order valence-corrected chi connectivity index (χ2v) is 12.7. The Morgan fingerprint density at radius 3 is 2.63 bits per heavy atom. The Labute approximate surface area is 250 Å². The van der Waals surface area contributed by atoms with Gasteiger partial charge in [-0.15, -0.1) is 0 Å². The van der Waals surface area contributed by atoms with E-state index in [0.29, 0.717) is 13.2 Å². The molecule has 1 aromatic carbocycles. The summed E-state index contributed by atoms with van der Waals surface area (Å²) in [6, 6.07) is 8.42. The average molecular weight is 584 g/mol. The van der Waals surface area contributed by atoms with E-state index in [1.165, 1.54) is 12.7 Å². The number of pyridine rings is 1. The Balaban J connectivity index is 1.18. The van der Waals surface area contributed by atoms with Crippen molar-refractivity contribution in [2.75, 3.05) is 33.4 Å². The molecule has 2 spiro atoms. The van der Waals surface area contributed by atoms with E-state index in [0.717, 1.165) is 103 Å². The number of H-pyrrole nitrogens is 1. The number of carbonyl (C=O) groups excluding carboxylic acids is 1. The van der Waals surface area contributed by atoms with Crippen LogP contribution in [-0.4, -0.2) is 70.3 Å². The van der Waals surface area contributed by atoms with Crippen LogP contribution in [0, 0.1) is 5.41 Å². The van der Waals surface area contributed by atoms with E-state index in [-0.39, 0.29) is 23.2 Å². The van der Waals surface area contributed by atoms with Crippen LogP contribution in [0.1, 0.15) is 49.7 Å². The predicted molar refractivity (Wildman–Crippen MR) is 160 cm³/mol. The van der Waals surface area contributed by atoms with Gasteiger partial charge in [-0.05, 0) is 61.6 Å². The predicted octanol–water partition coefficient (Wildman–Crippen LogP) is 5.56. The van der Waals surface area contributed by atoms with Gasteiger partial charge in [0.25, 0.3) is 0 Å². The number of likely N-dealkylation sites (tertiary alicyclic amines) is 1. The third-order valence-corrected chi connectivity index (χ3v) is 10.00. The van der Waals surface area contributed by atoms with Crippen molar-refractivity contribution in [2.24, 2.45) is 12.5 Å². The van der Waals surface area contributed by atoms with Gasteiger partial charge in [0, 0.05) is 66.8 Å². The molecule has 3 fully saturated rings. The highest BCUT2D eigenvalue weighted by atomic mass is 16.5. The summed E-state index contributed by atoms with van der Waals surface area (Å²) in [6.45, 7) is 3.46. The molecule has 10 heteroatoms. The van der Waals surface area contributed by atoms with Gasteiger partial charge in [-0.1, -0.05) is 12.1 Å². The van der Waals surface area contributed by atoms with Crippen molar-refractivity contribution in [2.45, 2.75) is 56.8 Å². The van der Waals surface area contributed by atoms with E-state index in [9.17, 15) is 4.79 Å². The van der Waals surface area contributed by atoms with Gasteiger partial charge in [-0.25, -0.2) is 9.78 Å². The van der Waals surface area contributed by atoms with Crippen molar-refractivity contribution in [1.82, 2.24) is 24.6 Å². The van der Waals surface area contributed by atoms with Gasteiger partial charge in [-0.3, -0.25) is 4.68 Å². The number of piperidine rings is 1. The number of amides is 1. The maximum atomic E-state index is 12.1. The summed E-state index contributed by atoms with van der Waals surface area (Å²) in [5, 5.41) is 5.60. The molecule has 1 atom stereocenters. The highest BCUT2D eigenvalue weighted by molar-refractivity contribution is 6.05. The fourth-order valence-corrected chi connectivity index (χ4v) is 7.95. The van der Waals surface area contributed by atoms with Gasteiger partial charge in [-0.2, -0.15) is 5.10 Å². The van der Waals surface area contributed by atoms with Crippen molar-refractivity contribution in [1.29, 1.82) is 0 Å². The second-order valence-electron chi connectivity index (χ2n) is 12.7. The molecule has 4 aromatic rings. The van der Waals surface area contributed by atoms with Crippen molar-refractivity contribution in [3.8, 4) is 28.1 Å². The zero-order valence-electron chi connectivity index (χ0n) is 24.7. The molecule has 8 rings (SSSR count). The van der Waals surface area contributed by atoms with E-state index in [1.54, 1.807) is 0 Å². The summed E-state index contributed by atoms with van der Waals surface area (Å²) >= 11 is 0. The number of aryl methyl sites for hydroxylation is 1. The number of carbonyl (C=O) groups is 1. The first kappa shape index (κ1) is 26.7. The number of hydrogen-bond donors (Lipinski definition) is 1. The molecule has 0 bridgehead atoms. The SMILES string of the molecule is COC(=O)N1CCC2(CC1)CC1(C2)OCc2cnc3[nH]c(-c4cnn(C)c4)c(-c4ccc(O[C@H]5CCCOC5)cc4)c3c21. The molecular weight excluding hydrogens is 546 g/mol. The van der Waals surface area contributed by atoms with E-state index in [1.807, 2.05) is 35.2 Å². The van der Waals surface area contributed by atoms with Gasteiger partial charge in [0.1, 0.15) is 17.5 Å². The third kappa shape index (κ3) is 4.41. The van der Waals surface area contributed by atoms with Crippen LogP contribution in [-0.2, 0) is 33.5 Å². The van der Waals surface area contributed by atoms with Gasteiger partial charge >= 0.3 is 6.09 Å². The summed E-state index contributed by atoms with van der Waals surface area (Å²) < 4.78 is 25.3. The van der Waals surface area contributed by atoms with Crippen molar-refractivity contribution < 1.29 is 23.7 Å². The maximum absolute atomic E-state index is 12.1. The number of hydrogen-bond acceptors (Lipinski definition) is 7. The van der Waals surface area contributed by atoms with Crippen LogP contribution in [0.2, 0.25) is 0 Å². The molecule has 224 valence electrons. The molecule has 3 aliphatic heterocycles. The van der Waals surface area contributed by atoms with Gasteiger partial charge in [0.2, 0.25) is 0 Å². The van der Waals surface area contributed by atoms with E-state index >= 15 is 0 Å². The van der Waals surface area contributed by atoms with Crippen LogP contribution in [0.5, 0.6) is 5.75 Å². The van der Waals surface area contributed by atoms with Crippen LogP contribution >= 0.6 is 0 Å². The number of fused-ring (bicyclic) bond motifs is 4. The molecule has 6 heterocycles. The molecule has 10 nitrogen and oxygen atoms in total. The summed E-state index contributed by atoms with van der Waals surface area (Å²) in [5.41, 5.74) is 7.32. The van der Waals surface area contributed by atoms with Gasteiger partial charge in [0.15, 0.2) is 0 Å². The Morgan fingerprint density at radius 1 is 1.12 bits per heavy atom. The van der Waals surface area contributed by atoms with E-state index < -0.39 is 0 Å². The molecule has 4 aliphatic rings. The average Bonchev–Trinajstić information content (AvgIpc) is 3.73. The highest BCUT2D eigenvalue weighted by Crippen LogP contribution is 2.65. The van der Waals surface area contributed by atoms with Gasteiger partial charge < -0.3 is 28.8 Å². The zero-order valence-corrected chi connectivity index (χ0v) is 24.7. The lowest BCUT2D eigenvalue weighted by atomic mass is 9.53. The Kier molecular flexibility index (Phi) is 6.27. The molecule has 2 saturated heterocycles. The lowest BCUT2D eigenvalue weighted by Crippen LogP contribution is -2.55. The zero-order chi connectivity index (χ0) is 29.2. The number of methoxy groups -OCH3 is 1. The molecule has 1 amide bonds. The standard InChI is InChI=1S/C33H37N5O5/c1-37-16-22(15-35-37)29-26(21-5-7-24(8-6-21)43-25-4-3-13-41-18-25)27-28-23(14-34-30(27)36-29)17-42-33(28)19-32(20-33)9-11-38(12-10-32)31(39)40-2/h5-8,14-16,25H,3-4,9-13,17-20H2,1-2H3,(H,34,36)/t25-/m0/s1. The lowest BCUT2D eigenvalue weighted by molar-refractivity contribution is -0.181. The first-order chi connectivity index (χ1) is 21.0. The first-order valence-electron chi connectivity index (χ1n) is 15.3.